The van der Waals surface area contributed by atoms with Crippen LogP contribution in [0.2, 0.25) is 0 Å². The van der Waals surface area contributed by atoms with Crippen molar-refractivity contribution in [1.82, 2.24) is 0 Å². The van der Waals surface area contributed by atoms with Crippen LogP contribution in [0, 0.1) is 0 Å². The molecule has 0 rings (SSSR count). The van der Waals surface area contributed by atoms with Crippen molar-refractivity contribution >= 4 is 66.1 Å². The molecular weight excluding hydrogens is 1110 g/mol. The molecule has 0 aromatic rings. The molecule has 0 atom stereocenters. The zero-order valence-electron chi connectivity index (χ0n) is 57.5. The summed E-state index contributed by atoms with van der Waals surface area (Å²) >= 11 is -6.40. The molecule has 14 heteroatoms. The Morgan fingerprint density at radius 2 is 0.256 bits per heavy atom. The van der Waals surface area contributed by atoms with E-state index >= 15 is 0 Å². The van der Waals surface area contributed by atoms with Crippen LogP contribution in [-0.4, -0.2) is 66.1 Å². The smallest absolute Gasteiger partial charge is 0.551 e. The molecule has 504 valence electrons. The van der Waals surface area contributed by atoms with Crippen LogP contribution in [-0.2, 0) is 51.5 Å². The largest absolute Gasteiger partial charge is 1.20 e. The standard InChI is InChI=1S/6C12H24O2.2Al/c6*1-2-3-4-5-6-7-8-9-10-11-12(13)14;;/h6*2-11H2,1H3,(H,13,14);;/q;;;;;;2*+3/p-6. The molecule has 86 heavy (non-hydrogen) atoms. The Hall–Kier alpha value is -2.12. The predicted molar refractivity (Wildman–Crippen MR) is 359 cm³/mol. The van der Waals surface area contributed by atoms with E-state index in [0.717, 1.165) is 116 Å². The quantitative estimate of drug-likeness (QED) is 0.0420. The molecule has 0 bridgehead atoms. The highest BCUT2D eigenvalue weighted by Crippen LogP contribution is 2.18. The monoisotopic (exact) mass is 1250 g/mol. The second kappa shape index (κ2) is 72.0. The molecule has 0 heterocycles. The molecule has 0 fully saturated rings. The fourth-order valence-electron chi connectivity index (χ4n) is 10.6. The summed E-state index contributed by atoms with van der Waals surface area (Å²) in [5.41, 5.74) is 0. The van der Waals surface area contributed by atoms with Gasteiger partial charge in [0, 0.05) is 38.5 Å². The highest BCUT2D eigenvalue weighted by Gasteiger charge is 2.49. The van der Waals surface area contributed by atoms with Crippen molar-refractivity contribution in [2.24, 2.45) is 0 Å². The lowest BCUT2D eigenvalue weighted by Gasteiger charge is -2.14. The molecule has 0 spiro atoms. The molecule has 0 unspecified atom stereocenters. The maximum absolute atomic E-state index is 12.5. The van der Waals surface area contributed by atoms with E-state index < -0.39 is 66.1 Å². The third-order valence-electron chi connectivity index (χ3n) is 16.3. The molecule has 0 aliphatic rings. The normalized spacial score (nSPS) is 11.0. The van der Waals surface area contributed by atoms with Gasteiger partial charge in [-0.15, -0.1) is 0 Å². The van der Waals surface area contributed by atoms with E-state index in [0.29, 0.717) is 0 Å². The molecule has 12 nitrogen and oxygen atoms in total. The molecule has 0 saturated heterocycles. The van der Waals surface area contributed by atoms with Gasteiger partial charge in [-0.1, -0.05) is 350 Å². The van der Waals surface area contributed by atoms with Crippen molar-refractivity contribution in [3.63, 3.8) is 0 Å². The third kappa shape index (κ3) is 69.4. The Morgan fingerprint density at radius 3 is 0.360 bits per heavy atom. The first-order valence-electron chi connectivity index (χ1n) is 37.2. The minimum Gasteiger partial charge on any atom is -0.551 e. The number of carbonyl (C=O) groups is 6. The molecule has 0 aromatic carbocycles. The first kappa shape index (κ1) is 85.9. The summed E-state index contributed by atoms with van der Waals surface area (Å²) in [5.74, 6) is -2.55. The summed E-state index contributed by atoms with van der Waals surface area (Å²) in [4.78, 5) is 75.0. The molecule has 0 amide bonds. The van der Waals surface area contributed by atoms with Crippen LogP contribution < -0.4 is 0 Å². The maximum atomic E-state index is 12.5. The highest BCUT2D eigenvalue weighted by atomic mass is 27.3. The van der Waals surface area contributed by atoms with Crippen LogP contribution >= 0.6 is 0 Å². The van der Waals surface area contributed by atoms with Crippen LogP contribution in [0.4, 0.5) is 0 Å². The molecule has 0 saturated carbocycles. The van der Waals surface area contributed by atoms with Crippen LogP contribution in [0.15, 0.2) is 0 Å². The van der Waals surface area contributed by atoms with Gasteiger partial charge in [0.25, 0.3) is 35.8 Å². The van der Waals surface area contributed by atoms with E-state index in [1.165, 1.54) is 231 Å². The Balaban J connectivity index is 0. The minimum absolute atomic E-state index is 0.269. The molecule has 0 aliphatic heterocycles. The lowest BCUT2D eigenvalue weighted by atomic mass is 10.1. The molecule has 0 N–H and O–H groups in total. The van der Waals surface area contributed by atoms with Crippen LogP contribution in [0.25, 0.3) is 0 Å². The fourth-order valence-corrected chi connectivity index (χ4v) is 12.9. The van der Waals surface area contributed by atoms with Gasteiger partial charge in [0.1, 0.15) is 0 Å². The third-order valence-corrected chi connectivity index (χ3v) is 19.0. The number of rotatable bonds is 66. The minimum atomic E-state index is -3.20. The van der Waals surface area contributed by atoms with Crippen LogP contribution in [0.5, 0.6) is 0 Å². The topological polar surface area (TPSA) is 158 Å². The van der Waals surface area contributed by atoms with E-state index in [1.54, 1.807) is 0 Å². The van der Waals surface area contributed by atoms with Gasteiger partial charge < -0.3 is 22.7 Å². The van der Waals surface area contributed by atoms with Gasteiger partial charge >= 0.3 is 30.3 Å². The summed E-state index contributed by atoms with van der Waals surface area (Å²) < 4.78 is 32.8. The van der Waals surface area contributed by atoms with E-state index in [2.05, 4.69) is 41.5 Å². The lowest BCUT2D eigenvalue weighted by molar-refractivity contribution is -0.151. The number of unbranched alkanes of at least 4 members (excludes halogenated alkanes) is 48. The van der Waals surface area contributed by atoms with Gasteiger partial charge in [-0.3, -0.25) is 28.8 Å². The van der Waals surface area contributed by atoms with Gasteiger partial charge in [-0.2, -0.15) is 0 Å². The van der Waals surface area contributed by atoms with Crippen LogP contribution in [0.1, 0.15) is 427 Å². The average molecular weight is 1250 g/mol. The van der Waals surface area contributed by atoms with Gasteiger partial charge in [-0.05, 0) is 38.5 Å². The van der Waals surface area contributed by atoms with Gasteiger partial charge in [0.15, 0.2) is 0 Å². The number of hydrogen-bond donors (Lipinski definition) is 0. The second-order valence-corrected chi connectivity index (χ2v) is 27.6. The van der Waals surface area contributed by atoms with Gasteiger partial charge in [0.2, 0.25) is 0 Å². The molecular formula is C72H138Al2O12. The fraction of sp³-hybridized carbons (Fsp3) is 0.917. The van der Waals surface area contributed by atoms with E-state index in [-0.39, 0.29) is 38.5 Å². The van der Waals surface area contributed by atoms with Gasteiger partial charge in [0.05, 0.1) is 0 Å². The summed E-state index contributed by atoms with van der Waals surface area (Å²) in [5, 5.41) is 0. The van der Waals surface area contributed by atoms with E-state index in [1.807, 2.05) is 0 Å². The van der Waals surface area contributed by atoms with Crippen molar-refractivity contribution in [2.45, 2.75) is 427 Å². The van der Waals surface area contributed by atoms with Crippen molar-refractivity contribution in [3.8, 4) is 0 Å². The zero-order chi connectivity index (χ0) is 63.3. The highest BCUT2D eigenvalue weighted by molar-refractivity contribution is 6.44. The van der Waals surface area contributed by atoms with Crippen molar-refractivity contribution in [1.29, 1.82) is 0 Å². The SMILES string of the molecule is CCCCCCCCCCCC(=O)[O][Al]([O]C(=O)CCCCCCCCCCC)[O]C(=O)CCCCCCCCCCC.CCCCCCCCCCCC(=O)[O][Al]([O]C(=O)CCCCCCCCCCC)[O]C(=O)CCCCCCCCCCC. The Bertz CT molecular complexity index is 1220. The first-order valence-corrected chi connectivity index (χ1v) is 40.1. The summed E-state index contributed by atoms with van der Waals surface area (Å²) in [6.45, 7) is 13.4. The second-order valence-electron chi connectivity index (χ2n) is 25.0. The predicted octanol–water partition coefficient (Wildman–Crippen LogP) is 22.7. The zero-order valence-corrected chi connectivity index (χ0v) is 59.8. The van der Waals surface area contributed by atoms with E-state index in [9.17, 15) is 28.8 Å². The lowest BCUT2D eigenvalue weighted by Crippen LogP contribution is -2.34. The molecule has 0 aliphatic carbocycles. The molecule has 0 radical (unpaired) electrons. The van der Waals surface area contributed by atoms with Crippen molar-refractivity contribution < 1.29 is 51.5 Å². The maximum Gasteiger partial charge on any atom is 1.20 e. The number of hydrogen-bond acceptors (Lipinski definition) is 12. The average Bonchev–Trinajstić information content (AvgIpc) is 3.68. The summed E-state index contributed by atoms with van der Waals surface area (Å²) in [6.07, 6.45) is 64.3. The summed E-state index contributed by atoms with van der Waals surface area (Å²) in [6, 6.07) is 0. The Labute approximate surface area is 541 Å². The van der Waals surface area contributed by atoms with Crippen molar-refractivity contribution in [2.75, 3.05) is 0 Å². The Kier molecular flexibility index (Phi) is 71.9. The summed E-state index contributed by atoms with van der Waals surface area (Å²) in [7, 11) is 0. The molecule has 0 aromatic heterocycles. The first-order chi connectivity index (χ1) is 42.1. The van der Waals surface area contributed by atoms with Gasteiger partial charge in [-0.25, -0.2) is 0 Å². The Morgan fingerprint density at radius 1 is 0.163 bits per heavy atom. The number of carbonyl (C=O) groups excluding carboxylic acids is 6. The van der Waals surface area contributed by atoms with Crippen molar-refractivity contribution in [3.05, 3.63) is 0 Å². The van der Waals surface area contributed by atoms with E-state index in [4.69, 9.17) is 22.7 Å². The van der Waals surface area contributed by atoms with Crippen LogP contribution in [0.3, 0.4) is 0 Å².